The van der Waals surface area contributed by atoms with Crippen LogP contribution in [-0.2, 0) is 9.47 Å². The van der Waals surface area contributed by atoms with Crippen molar-refractivity contribution in [1.82, 2.24) is 0 Å². The highest BCUT2D eigenvalue weighted by Gasteiger charge is 2.02. The summed E-state index contributed by atoms with van der Waals surface area (Å²) in [7, 11) is 0. The number of aliphatic hydroxyl groups excluding tert-OH is 1. The van der Waals surface area contributed by atoms with Crippen molar-refractivity contribution in [2.24, 2.45) is 5.92 Å². The molecule has 0 aliphatic rings. The van der Waals surface area contributed by atoms with Crippen LogP contribution in [0.25, 0.3) is 0 Å². The summed E-state index contributed by atoms with van der Waals surface area (Å²) in [5.74, 6) is 0.727. The lowest BCUT2D eigenvalue weighted by Gasteiger charge is -2.12. The third kappa shape index (κ3) is 12.1. The minimum Gasteiger partial charge on any atom is -0.396 e. The van der Waals surface area contributed by atoms with E-state index in [2.05, 4.69) is 13.8 Å². The fraction of sp³-hybridized carbons (Fsp3) is 1.00. The molecule has 104 valence electrons. The minimum atomic E-state index is 0.271. The Hall–Kier alpha value is -0.120. The van der Waals surface area contributed by atoms with Crippen LogP contribution in [0, 0.1) is 5.92 Å². The van der Waals surface area contributed by atoms with Gasteiger partial charge in [-0.05, 0) is 31.6 Å². The summed E-state index contributed by atoms with van der Waals surface area (Å²) in [4.78, 5) is 0. The summed E-state index contributed by atoms with van der Waals surface area (Å²) in [6.07, 6.45) is 6.39. The molecular formula is C14H30O3. The van der Waals surface area contributed by atoms with E-state index in [1.165, 1.54) is 12.8 Å². The van der Waals surface area contributed by atoms with Crippen LogP contribution in [0.3, 0.4) is 0 Å². The summed E-state index contributed by atoms with van der Waals surface area (Å²) in [5, 5.41) is 8.58. The molecule has 0 aliphatic heterocycles. The molecule has 3 heteroatoms. The lowest BCUT2D eigenvalue weighted by Crippen LogP contribution is -2.09. The van der Waals surface area contributed by atoms with Gasteiger partial charge in [-0.1, -0.05) is 26.7 Å². The van der Waals surface area contributed by atoms with E-state index in [1.807, 2.05) is 0 Å². The van der Waals surface area contributed by atoms with Crippen LogP contribution < -0.4 is 0 Å². The van der Waals surface area contributed by atoms with Crippen LogP contribution in [0.15, 0.2) is 0 Å². The first-order chi connectivity index (χ1) is 8.35. The predicted molar refractivity (Wildman–Crippen MR) is 71.3 cm³/mol. The van der Waals surface area contributed by atoms with E-state index in [4.69, 9.17) is 14.6 Å². The monoisotopic (exact) mass is 246 g/mol. The van der Waals surface area contributed by atoms with Gasteiger partial charge in [-0.25, -0.2) is 0 Å². The molecule has 0 aromatic rings. The van der Waals surface area contributed by atoms with Crippen molar-refractivity contribution in [3.63, 3.8) is 0 Å². The number of hydrogen-bond donors (Lipinski definition) is 1. The maximum absolute atomic E-state index is 8.58. The van der Waals surface area contributed by atoms with Crippen LogP contribution in [0.5, 0.6) is 0 Å². The molecule has 0 aromatic carbocycles. The van der Waals surface area contributed by atoms with Crippen LogP contribution in [-0.4, -0.2) is 38.1 Å². The first kappa shape index (κ1) is 16.9. The SMILES string of the molecule is CCC(CC)COCCCCOCCCCO. The Kier molecular flexibility index (Phi) is 13.8. The zero-order chi connectivity index (χ0) is 12.8. The van der Waals surface area contributed by atoms with Crippen molar-refractivity contribution < 1.29 is 14.6 Å². The topological polar surface area (TPSA) is 38.7 Å². The number of hydrogen-bond acceptors (Lipinski definition) is 3. The standard InChI is InChI=1S/C14H30O3/c1-3-14(4-2)13-17-12-8-7-11-16-10-6-5-9-15/h14-15H,3-13H2,1-2H3. The van der Waals surface area contributed by atoms with E-state index < -0.39 is 0 Å². The van der Waals surface area contributed by atoms with Gasteiger partial charge in [-0.2, -0.15) is 0 Å². The normalized spacial score (nSPS) is 11.3. The molecule has 0 amide bonds. The molecule has 0 rings (SSSR count). The number of unbranched alkanes of at least 4 members (excludes halogenated alkanes) is 2. The van der Waals surface area contributed by atoms with Crippen molar-refractivity contribution in [2.75, 3.05) is 33.0 Å². The molecule has 0 aliphatic carbocycles. The van der Waals surface area contributed by atoms with Crippen molar-refractivity contribution >= 4 is 0 Å². The average Bonchev–Trinajstić information content (AvgIpc) is 2.36. The third-order valence-corrected chi connectivity index (χ3v) is 3.03. The summed E-state index contributed by atoms with van der Waals surface area (Å²) in [6.45, 7) is 8.07. The summed E-state index contributed by atoms with van der Waals surface area (Å²) in [6, 6.07) is 0. The second kappa shape index (κ2) is 13.9. The zero-order valence-corrected chi connectivity index (χ0v) is 11.6. The van der Waals surface area contributed by atoms with Crippen LogP contribution in [0.4, 0.5) is 0 Å². The fourth-order valence-electron chi connectivity index (χ4n) is 1.60. The molecule has 0 saturated heterocycles. The molecule has 0 aromatic heterocycles. The quantitative estimate of drug-likeness (QED) is 0.508. The smallest absolute Gasteiger partial charge is 0.0494 e. The summed E-state index contributed by atoms with van der Waals surface area (Å²) < 4.78 is 11.1. The lowest BCUT2D eigenvalue weighted by molar-refractivity contribution is 0.0798. The van der Waals surface area contributed by atoms with E-state index in [0.717, 1.165) is 58.0 Å². The van der Waals surface area contributed by atoms with Gasteiger partial charge in [0.1, 0.15) is 0 Å². The number of aliphatic hydroxyl groups is 1. The Morgan fingerprint density at radius 3 is 1.88 bits per heavy atom. The Labute approximate surface area is 107 Å². The van der Waals surface area contributed by atoms with Gasteiger partial charge in [-0.3, -0.25) is 0 Å². The molecule has 0 heterocycles. The summed E-state index contributed by atoms with van der Waals surface area (Å²) >= 11 is 0. The molecule has 0 atom stereocenters. The first-order valence-electron chi connectivity index (χ1n) is 7.11. The van der Waals surface area contributed by atoms with Crippen LogP contribution >= 0.6 is 0 Å². The average molecular weight is 246 g/mol. The zero-order valence-electron chi connectivity index (χ0n) is 11.6. The van der Waals surface area contributed by atoms with Gasteiger partial charge in [0.25, 0.3) is 0 Å². The molecule has 0 spiro atoms. The van der Waals surface area contributed by atoms with Crippen molar-refractivity contribution in [1.29, 1.82) is 0 Å². The van der Waals surface area contributed by atoms with Gasteiger partial charge >= 0.3 is 0 Å². The molecule has 0 saturated carbocycles. The Bertz CT molecular complexity index is 135. The Morgan fingerprint density at radius 1 is 0.824 bits per heavy atom. The second-order valence-corrected chi connectivity index (χ2v) is 4.51. The van der Waals surface area contributed by atoms with Gasteiger partial charge < -0.3 is 14.6 Å². The highest BCUT2D eigenvalue weighted by atomic mass is 16.5. The molecule has 0 radical (unpaired) electrons. The van der Waals surface area contributed by atoms with Crippen molar-refractivity contribution in [2.45, 2.75) is 52.4 Å². The van der Waals surface area contributed by atoms with E-state index >= 15 is 0 Å². The van der Waals surface area contributed by atoms with E-state index in [1.54, 1.807) is 0 Å². The highest BCUT2D eigenvalue weighted by molar-refractivity contribution is 4.52. The maximum Gasteiger partial charge on any atom is 0.0494 e. The Balaban J connectivity index is 3.03. The van der Waals surface area contributed by atoms with Gasteiger partial charge in [0, 0.05) is 33.0 Å². The third-order valence-electron chi connectivity index (χ3n) is 3.03. The van der Waals surface area contributed by atoms with E-state index in [9.17, 15) is 0 Å². The Morgan fingerprint density at radius 2 is 1.35 bits per heavy atom. The van der Waals surface area contributed by atoms with Gasteiger partial charge in [0.05, 0.1) is 0 Å². The molecule has 0 bridgehead atoms. The van der Waals surface area contributed by atoms with Gasteiger partial charge in [0.15, 0.2) is 0 Å². The molecule has 3 nitrogen and oxygen atoms in total. The highest BCUT2D eigenvalue weighted by Crippen LogP contribution is 2.07. The van der Waals surface area contributed by atoms with Gasteiger partial charge in [-0.15, -0.1) is 0 Å². The predicted octanol–water partition coefficient (Wildman–Crippen LogP) is 3.01. The number of ether oxygens (including phenoxy) is 2. The van der Waals surface area contributed by atoms with Crippen molar-refractivity contribution in [3.05, 3.63) is 0 Å². The van der Waals surface area contributed by atoms with Gasteiger partial charge in [0.2, 0.25) is 0 Å². The van der Waals surface area contributed by atoms with Crippen molar-refractivity contribution in [3.8, 4) is 0 Å². The number of rotatable bonds is 13. The lowest BCUT2D eigenvalue weighted by atomic mass is 10.1. The summed E-state index contributed by atoms with van der Waals surface area (Å²) in [5.41, 5.74) is 0. The maximum atomic E-state index is 8.58. The minimum absolute atomic E-state index is 0.271. The van der Waals surface area contributed by atoms with E-state index in [-0.39, 0.29) is 6.61 Å². The van der Waals surface area contributed by atoms with Crippen LogP contribution in [0.2, 0.25) is 0 Å². The first-order valence-corrected chi connectivity index (χ1v) is 7.11. The molecule has 1 N–H and O–H groups in total. The molecular weight excluding hydrogens is 216 g/mol. The largest absolute Gasteiger partial charge is 0.396 e. The van der Waals surface area contributed by atoms with E-state index in [0.29, 0.717) is 0 Å². The molecule has 0 fully saturated rings. The molecule has 0 unspecified atom stereocenters. The fourth-order valence-corrected chi connectivity index (χ4v) is 1.60. The molecule has 17 heavy (non-hydrogen) atoms. The second-order valence-electron chi connectivity index (χ2n) is 4.51. The van der Waals surface area contributed by atoms with Crippen LogP contribution in [0.1, 0.15) is 52.4 Å².